The molecule has 1 N–H and O–H groups in total. The smallest absolute Gasteiger partial charge is 0.246 e. The molecular weight excluding hydrogens is 520 g/mol. The molecule has 0 unspecified atom stereocenters. The molecule has 2 atom stereocenters. The lowest BCUT2D eigenvalue weighted by Crippen LogP contribution is -2.39. The van der Waals surface area contributed by atoms with Crippen molar-refractivity contribution in [3.05, 3.63) is 67.1 Å². The number of likely N-dealkylation sites (tertiary alicyclic amines) is 1. The molecule has 206 valence electrons. The third-order valence-corrected chi connectivity index (χ3v) is 7.90. The molecule has 0 bridgehead atoms. The number of anilines is 3. The summed E-state index contributed by atoms with van der Waals surface area (Å²) in [5, 5.41) is 11.6. The monoisotopic (exact) mass is 548 g/mol. The summed E-state index contributed by atoms with van der Waals surface area (Å²) in [5.41, 5.74) is 4.78. The summed E-state index contributed by atoms with van der Waals surface area (Å²) in [6.07, 6.45) is 5.59. The Kier molecular flexibility index (Phi) is 5.95. The second-order valence-corrected chi connectivity index (χ2v) is 10.5. The van der Waals surface area contributed by atoms with Crippen molar-refractivity contribution in [2.75, 3.05) is 29.9 Å². The Bertz CT molecular complexity index is 1820. The number of aromatic nitrogens is 7. The van der Waals surface area contributed by atoms with Gasteiger partial charge in [0.1, 0.15) is 34.4 Å². The van der Waals surface area contributed by atoms with Crippen LogP contribution in [0.4, 0.5) is 17.5 Å². The van der Waals surface area contributed by atoms with Crippen molar-refractivity contribution >= 4 is 45.4 Å². The number of ether oxygens (including phenoxy) is 1. The summed E-state index contributed by atoms with van der Waals surface area (Å²) >= 11 is 0. The molecule has 0 radical (unpaired) electrons. The van der Waals surface area contributed by atoms with Gasteiger partial charge in [0.05, 0.1) is 17.8 Å². The highest BCUT2D eigenvalue weighted by atomic mass is 16.5. The molecule has 1 amide bonds. The van der Waals surface area contributed by atoms with Crippen molar-refractivity contribution in [2.24, 2.45) is 13.0 Å². The first-order valence-corrected chi connectivity index (χ1v) is 13.5. The Balaban J connectivity index is 1.11. The lowest BCUT2D eigenvalue weighted by Gasteiger charge is -2.23. The van der Waals surface area contributed by atoms with Crippen LogP contribution in [0.1, 0.15) is 12.0 Å². The number of carbonyl (C=O) groups is 1. The first kappa shape index (κ1) is 24.9. The number of carbonyl (C=O) groups excluding carboxylic acids is 1. The molecule has 2 fully saturated rings. The third kappa shape index (κ3) is 4.46. The van der Waals surface area contributed by atoms with Crippen molar-refractivity contribution in [2.45, 2.75) is 19.4 Å². The van der Waals surface area contributed by atoms with Crippen molar-refractivity contribution in [3.8, 4) is 11.5 Å². The fourth-order valence-electron chi connectivity index (χ4n) is 5.79. The molecule has 2 aromatic carbocycles. The predicted octanol–water partition coefficient (Wildman–Crippen LogP) is 3.77. The molecule has 0 saturated carbocycles. The molecule has 0 aliphatic carbocycles. The predicted molar refractivity (Wildman–Crippen MR) is 154 cm³/mol. The van der Waals surface area contributed by atoms with Gasteiger partial charge < -0.3 is 19.9 Å². The van der Waals surface area contributed by atoms with Crippen LogP contribution in [0.25, 0.3) is 22.1 Å². The number of benzene rings is 2. The first-order valence-electron chi connectivity index (χ1n) is 13.5. The van der Waals surface area contributed by atoms with E-state index < -0.39 is 0 Å². The second-order valence-electron chi connectivity index (χ2n) is 10.5. The Hall–Kier alpha value is -5.13. The van der Waals surface area contributed by atoms with Crippen LogP contribution in [0.5, 0.6) is 11.5 Å². The van der Waals surface area contributed by atoms with E-state index in [1.165, 1.54) is 12.4 Å². The zero-order valence-electron chi connectivity index (χ0n) is 22.7. The molecule has 12 nitrogen and oxygen atoms in total. The average molecular weight is 549 g/mol. The minimum absolute atomic E-state index is 0.0167. The zero-order valence-corrected chi connectivity index (χ0v) is 22.7. The minimum atomic E-state index is -0.0167. The van der Waals surface area contributed by atoms with E-state index in [1.54, 1.807) is 10.9 Å². The topological polar surface area (TPSA) is 127 Å². The van der Waals surface area contributed by atoms with Crippen LogP contribution in [0.2, 0.25) is 0 Å². The number of amides is 1. The van der Waals surface area contributed by atoms with Crippen LogP contribution in [0, 0.1) is 12.8 Å². The molecule has 2 saturated heterocycles. The van der Waals surface area contributed by atoms with Gasteiger partial charge in [-0.1, -0.05) is 11.8 Å². The normalized spacial score (nSPS) is 18.2. The van der Waals surface area contributed by atoms with Crippen molar-refractivity contribution in [1.29, 1.82) is 0 Å². The first-order chi connectivity index (χ1) is 20.0. The maximum absolute atomic E-state index is 12.3. The molecule has 7 rings (SSSR count). The quantitative estimate of drug-likeness (QED) is 0.313. The fourth-order valence-corrected chi connectivity index (χ4v) is 5.79. The van der Waals surface area contributed by atoms with Crippen molar-refractivity contribution < 1.29 is 9.53 Å². The molecule has 41 heavy (non-hydrogen) atoms. The van der Waals surface area contributed by atoms with E-state index in [1.807, 2.05) is 55.3 Å². The van der Waals surface area contributed by atoms with Gasteiger partial charge in [-0.05, 0) is 55.3 Å². The van der Waals surface area contributed by atoms with Gasteiger partial charge in [-0.15, -0.1) is 5.10 Å². The van der Waals surface area contributed by atoms with E-state index in [0.717, 1.165) is 47.5 Å². The van der Waals surface area contributed by atoms with Crippen molar-refractivity contribution in [1.82, 2.24) is 39.8 Å². The highest BCUT2D eigenvalue weighted by molar-refractivity contribution is 5.88. The Morgan fingerprint density at radius 2 is 2.02 bits per heavy atom. The maximum Gasteiger partial charge on any atom is 0.246 e. The van der Waals surface area contributed by atoms with E-state index in [9.17, 15) is 4.79 Å². The van der Waals surface area contributed by atoms with Crippen LogP contribution in [-0.2, 0) is 11.8 Å². The summed E-state index contributed by atoms with van der Waals surface area (Å²) < 4.78 is 7.88. The highest BCUT2D eigenvalue weighted by Gasteiger charge is 2.43. The Labute approximate surface area is 235 Å². The van der Waals surface area contributed by atoms with E-state index in [0.29, 0.717) is 41.0 Å². The van der Waals surface area contributed by atoms with Crippen LogP contribution in [0.3, 0.4) is 0 Å². The molecule has 2 aliphatic heterocycles. The van der Waals surface area contributed by atoms with E-state index in [-0.39, 0.29) is 11.9 Å². The molecule has 0 spiro atoms. The minimum Gasteiger partial charge on any atom is -0.457 e. The Morgan fingerprint density at radius 3 is 2.88 bits per heavy atom. The molecular formula is C29H28N10O2. The largest absolute Gasteiger partial charge is 0.457 e. The molecule has 12 heteroatoms. The lowest BCUT2D eigenvalue weighted by atomic mass is 10.1. The molecule has 2 aliphatic rings. The maximum atomic E-state index is 12.3. The molecule has 5 aromatic rings. The SMILES string of the molecule is C=CC(=O)N1CC[C@H]2CN(c3ncc4ncnc(Nc5ccc(Oc6ccc7c(c6)nnn7C)c(C)c5)c4n3)C[C@H]21. The Morgan fingerprint density at radius 1 is 1.12 bits per heavy atom. The fraction of sp³-hybridized carbons (Fsp3) is 0.276. The standard InChI is InChI=1S/C29H28N10O2/c1-4-26(40)39-10-9-18-14-38(15-24(18)39)29-30-13-22-27(34-29)28(32-16-31-22)33-19-5-8-25(17(2)11-19)41-20-6-7-23-21(12-20)35-36-37(23)3/h4-8,11-13,16,18,24H,1,9-10,14-15H2,2-3H3,(H,31,32,33)/t18-,24+/m0/s1. The van der Waals surface area contributed by atoms with Crippen LogP contribution < -0.4 is 15.0 Å². The molecule has 3 aromatic heterocycles. The zero-order chi connectivity index (χ0) is 28.1. The summed E-state index contributed by atoms with van der Waals surface area (Å²) in [6.45, 7) is 7.91. The van der Waals surface area contributed by atoms with E-state index >= 15 is 0 Å². The van der Waals surface area contributed by atoms with E-state index in [2.05, 4.69) is 42.1 Å². The number of fused-ring (bicyclic) bond motifs is 3. The average Bonchev–Trinajstić information content (AvgIpc) is 3.69. The summed E-state index contributed by atoms with van der Waals surface area (Å²) in [4.78, 5) is 34.7. The van der Waals surface area contributed by atoms with Gasteiger partial charge in [0.15, 0.2) is 5.82 Å². The second kappa shape index (κ2) is 9.81. The van der Waals surface area contributed by atoms with Gasteiger partial charge in [0, 0.05) is 44.4 Å². The van der Waals surface area contributed by atoms with Gasteiger partial charge in [-0.2, -0.15) is 0 Å². The number of nitrogens with one attached hydrogen (secondary N) is 1. The highest BCUT2D eigenvalue weighted by Crippen LogP contribution is 2.34. The van der Waals surface area contributed by atoms with Crippen molar-refractivity contribution in [3.63, 3.8) is 0 Å². The number of hydrogen-bond acceptors (Lipinski definition) is 10. The number of rotatable bonds is 6. The van der Waals surface area contributed by atoms with Gasteiger partial charge in [-0.25, -0.2) is 24.6 Å². The van der Waals surface area contributed by atoms with Gasteiger partial charge in [0.2, 0.25) is 11.9 Å². The van der Waals surface area contributed by atoms with Crippen LogP contribution in [-0.4, -0.2) is 71.4 Å². The summed E-state index contributed by atoms with van der Waals surface area (Å²) in [5.74, 6) is 3.00. The van der Waals surface area contributed by atoms with Crippen LogP contribution in [0.15, 0.2) is 61.6 Å². The number of nitrogens with zero attached hydrogens (tertiary/aromatic N) is 9. The van der Waals surface area contributed by atoms with E-state index in [4.69, 9.17) is 9.72 Å². The van der Waals surface area contributed by atoms with Gasteiger partial charge in [-0.3, -0.25) is 4.79 Å². The third-order valence-electron chi connectivity index (χ3n) is 7.90. The lowest BCUT2D eigenvalue weighted by molar-refractivity contribution is -0.126. The number of hydrogen-bond donors (Lipinski definition) is 1. The van der Waals surface area contributed by atoms with Gasteiger partial charge >= 0.3 is 0 Å². The number of aryl methyl sites for hydroxylation is 2. The summed E-state index contributed by atoms with van der Waals surface area (Å²) in [7, 11) is 1.86. The molecule has 5 heterocycles. The van der Waals surface area contributed by atoms with Crippen LogP contribution >= 0.6 is 0 Å². The summed E-state index contributed by atoms with van der Waals surface area (Å²) in [6, 6.07) is 11.7. The van der Waals surface area contributed by atoms with Gasteiger partial charge in [0.25, 0.3) is 0 Å².